The molecule has 0 unspecified atom stereocenters. The zero-order valence-electron chi connectivity index (χ0n) is 10.0. The lowest BCUT2D eigenvalue weighted by Gasteiger charge is -2.08. The fourth-order valence-corrected chi connectivity index (χ4v) is 1.50. The van der Waals surface area contributed by atoms with Crippen LogP contribution in [-0.2, 0) is 0 Å². The molecule has 0 aromatic carbocycles. The maximum absolute atomic E-state index is 11.4. The number of aromatic amines is 1. The maximum Gasteiger partial charge on any atom is 0.295 e. The third-order valence-electron chi connectivity index (χ3n) is 2.39. The molecule has 0 aliphatic heterocycles. The van der Waals surface area contributed by atoms with Gasteiger partial charge in [0.25, 0.3) is 5.56 Å². The molecule has 17 heavy (non-hydrogen) atoms. The maximum atomic E-state index is 11.4. The molecule has 0 atom stereocenters. The van der Waals surface area contributed by atoms with Gasteiger partial charge in [0.1, 0.15) is 0 Å². The number of ether oxygens (including phenoxy) is 1. The van der Waals surface area contributed by atoms with Crippen molar-refractivity contribution >= 4 is 5.82 Å². The number of H-pyrrole nitrogens is 1. The molecule has 6 nitrogen and oxygen atoms in total. The monoisotopic (exact) mass is 241 g/mol. The number of anilines is 1. The quantitative estimate of drug-likeness (QED) is 0.584. The largest absolute Gasteiger partial charge is 0.489 e. The Balaban J connectivity index is 2.36. The van der Waals surface area contributed by atoms with Gasteiger partial charge in [0.15, 0.2) is 5.82 Å². The number of nitrogens with zero attached hydrogens (tertiary/aromatic N) is 1. The molecule has 0 aliphatic carbocycles. The van der Waals surface area contributed by atoms with Crippen molar-refractivity contribution in [3.05, 3.63) is 16.7 Å². The van der Waals surface area contributed by atoms with Crippen molar-refractivity contribution in [1.29, 1.82) is 0 Å². The molecule has 96 valence electrons. The van der Waals surface area contributed by atoms with Crippen LogP contribution in [0.5, 0.6) is 5.75 Å². The predicted molar refractivity (Wildman–Crippen MR) is 65.5 cm³/mol. The van der Waals surface area contributed by atoms with E-state index in [1.807, 2.05) is 0 Å². The Morgan fingerprint density at radius 3 is 2.88 bits per heavy atom. The highest BCUT2D eigenvalue weighted by atomic mass is 16.5. The predicted octanol–water partition coefficient (Wildman–Crippen LogP) is 0.743. The molecule has 0 saturated heterocycles. The van der Waals surface area contributed by atoms with E-state index >= 15 is 0 Å². The number of aliphatic hydroxyl groups excluding tert-OH is 1. The minimum Gasteiger partial charge on any atom is -0.489 e. The number of nitrogens with one attached hydrogen (secondary N) is 2. The zero-order valence-corrected chi connectivity index (χ0v) is 10.0. The van der Waals surface area contributed by atoms with Crippen molar-refractivity contribution in [2.24, 2.45) is 0 Å². The summed E-state index contributed by atoms with van der Waals surface area (Å²) >= 11 is 0. The van der Waals surface area contributed by atoms with Crippen molar-refractivity contribution < 1.29 is 9.84 Å². The molecule has 0 aliphatic rings. The first-order chi connectivity index (χ1) is 8.29. The lowest BCUT2D eigenvalue weighted by atomic mass is 10.2. The molecule has 0 spiro atoms. The van der Waals surface area contributed by atoms with E-state index < -0.39 is 0 Å². The Morgan fingerprint density at radius 1 is 1.41 bits per heavy atom. The fraction of sp³-hybridized carbons (Fsp3) is 0.636. The van der Waals surface area contributed by atoms with E-state index in [9.17, 15) is 4.79 Å². The van der Waals surface area contributed by atoms with Crippen molar-refractivity contribution in [2.75, 3.05) is 25.6 Å². The number of aromatic nitrogens is 2. The summed E-state index contributed by atoms with van der Waals surface area (Å²) in [5.74, 6) is 0.682. The van der Waals surface area contributed by atoms with Crippen LogP contribution in [0.15, 0.2) is 11.1 Å². The highest BCUT2D eigenvalue weighted by Gasteiger charge is 2.07. The third kappa shape index (κ3) is 4.44. The lowest BCUT2D eigenvalue weighted by Crippen LogP contribution is -2.14. The van der Waals surface area contributed by atoms with Crippen molar-refractivity contribution in [2.45, 2.75) is 25.7 Å². The van der Waals surface area contributed by atoms with E-state index in [-0.39, 0.29) is 17.9 Å². The molecule has 0 radical (unpaired) electrons. The zero-order chi connectivity index (χ0) is 12.5. The Hall–Kier alpha value is -1.56. The molecule has 0 fully saturated rings. The van der Waals surface area contributed by atoms with Gasteiger partial charge < -0.3 is 20.1 Å². The van der Waals surface area contributed by atoms with E-state index in [1.54, 1.807) is 0 Å². The van der Waals surface area contributed by atoms with Gasteiger partial charge >= 0.3 is 0 Å². The van der Waals surface area contributed by atoms with Crippen LogP contribution in [0.2, 0.25) is 0 Å². The molecule has 1 rings (SSSR count). The first kappa shape index (κ1) is 13.5. The second kappa shape index (κ2) is 7.67. The number of unbranched alkanes of at least 4 members (excludes halogenated alkanes) is 3. The van der Waals surface area contributed by atoms with Crippen molar-refractivity contribution in [1.82, 2.24) is 9.97 Å². The van der Waals surface area contributed by atoms with Gasteiger partial charge in [-0.25, -0.2) is 4.98 Å². The number of rotatable bonds is 8. The summed E-state index contributed by atoms with van der Waals surface area (Å²) < 4.78 is 4.97. The molecule has 1 aromatic rings. The van der Waals surface area contributed by atoms with Crippen LogP contribution in [0.1, 0.15) is 25.7 Å². The molecule has 0 bridgehead atoms. The van der Waals surface area contributed by atoms with E-state index in [1.165, 1.54) is 13.4 Å². The van der Waals surface area contributed by atoms with Gasteiger partial charge in [0.2, 0.25) is 5.75 Å². The summed E-state index contributed by atoms with van der Waals surface area (Å²) in [6.07, 6.45) is 5.21. The minimum absolute atomic E-state index is 0.211. The lowest BCUT2D eigenvalue weighted by molar-refractivity contribution is 0.283. The van der Waals surface area contributed by atoms with Crippen LogP contribution in [0.4, 0.5) is 5.82 Å². The summed E-state index contributed by atoms with van der Waals surface area (Å²) in [6.45, 7) is 0.981. The smallest absolute Gasteiger partial charge is 0.295 e. The topological polar surface area (TPSA) is 87.2 Å². The molecular formula is C11H19N3O3. The van der Waals surface area contributed by atoms with Crippen molar-refractivity contribution in [3.63, 3.8) is 0 Å². The standard InChI is InChI=1S/C11H19N3O3/c1-17-9-10(13-8-14-11(9)16)12-6-4-2-3-5-7-15/h8,15H,2-7H2,1H3,(H2,12,13,14,16). The van der Waals surface area contributed by atoms with E-state index in [0.29, 0.717) is 5.82 Å². The van der Waals surface area contributed by atoms with Gasteiger partial charge in [-0.1, -0.05) is 12.8 Å². The summed E-state index contributed by atoms with van der Waals surface area (Å²) in [4.78, 5) is 17.8. The molecule has 0 amide bonds. The van der Waals surface area contributed by atoms with Gasteiger partial charge in [0, 0.05) is 13.2 Å². The van der Waals surface area contributed by atoms with E-state index in [2.05, 4.69) is 15.3 Å². The highest BCUT2D eigenvalue weighted by Crippen LogP contribution is 2.14. The molecule has 1 heterocycles. The molecular weight excluding hydrogens is 222 g/mol. The second-order valence-corrected chi connectivity index (χ2v) is 3.68. The number of hydrogen-bond donors (Lipinski definition) is 3. The first-order valence-electron chi connectivity index (χ1n) is 5.76. The average Bonchev–Trinajstić information content (AvgIpc) is 2.34. The second-order valence-electron chi connectivity index (χ2n) is 3.68. The van der Waals surface area contributed by atoms with Crippen molar-refractivity contribution in [3.8, 4) is 5.75 Å². The highest BCUT2D eigenvalue weighted by molar-refractivity contribution is 5.47. The van der Waals surface area contributed by atoms with Crippen LogP contribution < -0.4 is 15.6 Å². The van der Waals surface area contributed by atoms with E-state index in [4.69, 9.17) is 9.84 Å². The van der Waals surface area contributed by atoms with Crippen LogP contribution >= 0.6 is 0 Å². The average molecular weight is 241 g/mol. The normalized spacial score (nSPS) is 10.2. The first-order valence-corrected chi connectivity index (χ1v) is 5.76. The summed E-state index contributed by atoms with van der Waals surface area (Å²) in [6, 6.07) is 0. The van der Waals surface area contributed by atoms with Gasteiger partial charge in [-0.15, -0.1) is 0 Å². The van der Waals surface area contributed by atoms with E-state index in [0.717, 1.165) is 32.2 Å². The third-order valence-corrected chi connectivity index (χ3v) is 2.39. The Bertz CT molecular complexity index is 378. The molecule has 6 heteroatoms. The van der Waals surface area contributed by atoms with Gasteiger partial charge in [0.05, 0.1) is 13.4 Å². The van der Waals surface area contributed by atoms with Crippen LogP contribution in [-0.4, -0.2) is 35.3 Å². The Labute approximate surface area is 100 Å². The van der Waals surface area contributed by atoms with Gasteiger partial charge in [-0.05, 0) is 12.8 Å². The van der Waals surface area contributed by atoms with Crippen LogP contribution in [0, 0.1) is 0 Å². The Kier molecular flexibility index (Phi) is 6.09. The van der Waals surface area contributed by atoms with Crippen LogP contribution in [0.3, 0.4) is 0 Å². The number of hydrogen-bond acceptors (Lipinski definition) is 5. The summed E-state index contributed by atoms with van der Waals surface area (Å²) in [5, 5.41) is 11.7. The SMILES string of the molecule is COc1c(NCCCCCCO)nc[nH]c1=O. The number of aliphatic hydroxyl groups is 1. The fourth-order valence-electron chi connectivity index (χ4n) is 1.50. The Morgan fingerprint density at radius 2 is 2.18 bits per heavy atom. The van der Waals surface area contributed by atoms with Gasteiger partial charge in [-0.2, -0.15) is 0 Å². The van der Waals surface area contributed by atoms with Crippen LogP contribution in [0.25, 0.3) is 0 Å². The summed E-state index contributed by atoms with van der Waals surface area (Å²) in [7, 11) is 1.44. The number of methoxy groups -OCH3 is 1. The molecule has 1 aromatic heterocycles. The summed E-state index contributed by atoms with van der Waals surface area (Å²) in [5.41, 5.74) is -0.287. The molecule has 3 N–H and O–H groups in total. The van der Waals surface area contributed by atoms with Gasteiger partial charge in [-0.3, -0.25) is 4.79 Å². The minimum atomic E-state index is -0.287. The molecule has 0 saturated carbocycles.